The molecule has 9 heteroatoms. The number of nitrogens with zero attached hydrogens (tertiary/aromatic N) is 5. The fraction of sp³-hybridized carbons (Fsp3) is 0.269. The third kappa shape index (κ3) is 3.60. The second-order valence-electron chi connectivity index (χ2n) is 9.19. The number of pyridine rings is 3. The average Bonchev–Trinajstić information content (AvgIpc) is 3.45. The standard InChI is InChI=1S/C26H25N7O2/c1-32-9-6-15(11-22(32)34)16-3-4-21(28-12-16)31-20-14-29-24(19-13-30-26(35)23(19)20)17-5-8-27-25-18(17)7-10-33(25)2/h3-5,7-8,10,12,14-15H,6,9,11,13H2,1-2H3,(H,28,31)(H,30,35). The smallest absolute Gasteiger partial charge is 0.254 e. The number of anilines is 2. The molecule has 176 valence electrons. The summed E-state index contributed by atoms with van der Waals surface area (Å²) < 4.78 is 1.97. The van der Waals surface area contributed by atoms with Crippen LogP contribution in [0.4, 0.5) is 11.5 Å². The number of hydrogen-bond donors (Lipinski definition) is 2. The molecule has 0 bridgehead atoms. The van der Waals surface area contributed by atoms with Crippen LogP contribution in [0.25, 0.3) is 22.3 Å². The van der Waals surface area contributed by atoms with Gasteiger partial charge in [0.1, 0.15) is 11.5 Å². The maximum absolute atomic E-state index is 12.8. The number of carbonyl (C=O) groups excluding carboxylic acids is 2. The van der Waals surface area contributed by atoms with Gasteiger partial charge in [0, 0.05) is 68.7 Å². The van der Waals surface area contributed by atoms with Crippen molar-refractivity contribution in [1.82, 2.24) is 29.7 Å². The molecule has 1 atom stereocenters. The van der Waals surface area contributed by atoms with Crippen LogP contribution in [-0.4, -0.2) is 49.8 Å². The Balaban J connectivity index is 1.31. The van der Waals surface area contributed by atoms with Gasteiger partial charge in [-0.1, -0.05) is 6.07 Å². The summed E-state index contributed by atoms with van der Waals surface area (Å²) in [6.07, 6.45) is 8.69. The van der Waals surface area contributed by atoms with Crippen molar-refractivity contribution in [3.05, 3.63) is 65.7 Å². The molecule has 35 heavy (non-hydrogen) atoms. The summed E-state index contributed by atoms with van der Waals surface area (Å²) in [7, 11) is 3.80. The minimum Gasteiger partial charge on any atom is -0.348 e. The summed E-state index contributed by atoms with van der Waals surface area (Å²) >= 11 is 0. The highest BCUT2D eigenvalue weighted by molar-refractivity contribution is 6.06. The van der Waals surface area contributed by atoms with E-state index in [1.165, 1.54) is 0 Å². The number of likely N-dealkylation sites (tertiary alicyclic amines) is 1. The number of amides is 2. The van der Waals surface area contributed by atoms with Gasteiger partial charge in [-0.3, -0.25) is 14.6 Å². The van der Waals surface area contributed by atoms with Gasteiger partial charge >= 0.3 is 0 Å². The largest absolute Gasteiger partial charge is 0.348 e. The topological polar surface area (TPSA) is 105 Å². The van der Waals surface area contributed by atoms with E-state index in [1.807, 2.05) is 55.3 Å². The molecular weight excluding hydrogens is 442 g/mol. The SMILES string of the molecule is CN1CCC(c2ccc(Nc3cnc(-c4ccnc5c4ccn5C)c4c3C(=O)NC4)nc2)CC1=O. The molecule has 0 radical (unpaired) electrons. The third-order valence-electron chi connectivity index (χ3n) is 7.04. The van der Waals surface area contributed by atoms with Gasteiger partial charge in [0.15, 0.2) is 0 Å². The molecular formula is C26H25N7O2. The van der Waals surface area contributed by atoms with Crippen molar-refractivity contribution in [2.75, 3.05) is 18.9 Å². The number of rotatable bonds is 4. The first-order valence-corrected chi connectivity index (χ1v) is 11.7. The molecule has 0 saturated carbocycles. The van der Waals surface area contributed by atoms with Gasteiger partial charge in [0.25, 0.3) is 5.91 Å². The fourth-order valence-corrected chi connectivity index (χ4v) is 5.03. The van der Waals surface area contributed by atoms with E-state index in [0.29, 0.717) is 30.0 Å². The maximum Gasteiger partial charge on any atom is 0.254 e. The van der Waals surface area contributed by atoms with Crippen LogP contribution in [0.1, 0.15) is 40.2 Å². The van der Waals surface area contributed by atoms with Gasteiger partial charge in [0.2, 0.25) is 5.91 Å². The van der Waals surface area contributed by atoms with Gasteiger partial charge in [-0.2, -0.15) is 0 Å². The fourth-order valence-electron chi connectivity index (χ4n) is 5.03. The summed E-state index contributed by atoms with van der Waals surface area (Å²) in [5.41, 5.74) is 5.71. The van der Waals surface area contributed by atoms with Crippen molar-refractivity contribution >= 4 is 34.4 Å². The molecule has 2 aliphatic heterocycles. The van der Waals surface area contributed by atoms with Crippen LogP contribution in [0.2, 0.25) is 0 Å². The molecule has 6 rings (SSSR count). The zero-order valence-electron chi connectivity index (χ0n) is 19.6. The lowest BCUT2D eigenvalue weighted by atomic mass is 9.90. The lowest BCUT2D eigenvalue weighted by Gasteiger charge is -2.28. The Labute approximate surface area is 202 Å². The monoisotopic (exact) mass is 467 g/mol. The van der Waals surface area contributed by atoms with E-state index in [-0.39, 0.29) is 17.7 Å². The van der Waals surface area contributed by atoms with Crippen LogP contribution in [0.3, 0.4) is 0 Å². The van der Waals surface area contributed by atoms with Crippen LogP contribution < -0.4 is 10.6 Å². The second-order valence-corrected chi connectivity index (χ2v) is 9.19. The Kier molecular flexibility index (Phi) is 4.98. The molecule has 9 nitrogen and oxygen atoms in total. The molecule has 2 amide bonds. The Morgan fingerprint density at radius 3 is 2.74 bits per heavy atom. The zero-order valence-corrected chi connectivity index (χ0v) is 19.6. The van der Waals surface area contributed by atoms with Gasteiger partial charge in [-0.05, 0) is 36.1 Å². The quantitative estimate of drug-likeness (QED) is 0.477. The van der Waals surface area contributed by atoms with Gasteiger partial charge in [0.05, 0.1) is 23.1 Å². The lowest BCUT2D eigenvalue weighted by molar-refractivity contribution is -0.132. The predicted molar refractivity (Wildman–Crippen MR) is 132 cm³/mol. The Morgan fingerprint density at radius 2 is 1.94 bits per heavy atom. The van der Waals surface area contributed by atoms with Crippen LogP contribution >= 0.6 is 0 Å². The zero-order chi connectivity index (χ0) is 24.1. The Hall–Kier alpha value is -4.27. The molecule has 4 aromatic heterocycles. The van der Waals surface area contributed by atoms with E-state index in [4.69, 9.17) is 4.98 Å². The molecule has 6 heterocycles. The van der Waals surface area contributed by atoms with Crippen LogP contribution in [0, 0.1) is 0 Å². The molecule has 2 N–H and O–H groups in total. The molecule has 0 spiro atoms. The number of aryl methyl sites for hydroxylation is 1. The highest BCUT2D eigenvalue weighted by atomic mass is 16.2. The molecule has 1 saturated heterocycles. The van der Waals surface area contributed by atoms with E-state index in [1.54, 1.807) is 17.3 Å². The first-order chi connectivity index (χ1) is 17.0. The molecule has 1 unspecified atom stereocenters. The van der Waals surface area contributed by atoms with Crippen molar-refractivity contribution in [3.63, 3.8) is 0 Å². The number of aromatic nitrogens is 4. The van der Waals surface area contributed by atoms with Crippen molar-refractivity contribution in [2.24, 2.45) is 7.05 Å². The van der Waals surface area contributed by atoms with E-state index in [9.17, 15) is 9.59 Å². The summed E-state index contributed by atoms with van der Waals surface area (Å²) in [6.45, 7) is 1.18. The summed E-state index contributed by atoms with van der Waals surface area (Å²) in [6, 6.07) is 7.85. The minimum atomic E-state index is -0.133. The van der Waals surface area contributed by atoms with E-state index >= 15 is 0 Å². The van der Waals surface area contributed by atoms with Crippen LogP contribution in [0.5, 0.6) is 0 Å². The maximum atomic E-state index is 12.8. The van der Waals surface area contributed by atoms with Gasteiger partial charge < -0.3 is 20.1 Å². The van der Waals surface area contributed by atoms with Gasteiger partial charge in [-0.15, -0.1) is 0 Å². The predicted octanol–water partition coefficient (Wildman–Crippen LogP) is 3.35. The molecule has 0 aromatic carbocycles. The van der Waals surface area contributed by atoms with Crippen molar-refractivity contribution in [3.8, 4) is 11.3 Å². The van der Waals surface area contributed by atoms with Crippen molar-refractivity contribution < 1.29 is 9.59 Å². The van der Waals surface area contributed by atoms with Crippen molar-refractivity contribution in [1.29, 1.82) is 0 Å². The Bertz CT molecular complexity index is 1480. The molecule has 4 aromatic rings. The highest BCUT2D eigenvalue weighted by Crippen LogP contribution is 2.36. The number of carbonyl (C=O) groups is 2. The number of fused-ring (bicyclic) bond motifs is 2. The van der Waals surface area contributed by atoms with E-state index in [2.05, 4.69) is 20.6 Å². The molecule has 2 aliphatic rings. The molecule has 1 fully saturated rings. The van der Waals surface area contributed by atoms with Crippen LogP contribution in [0.15, 0.2) is 49.1 Å². The third-order valence-corrected chi connectivity index (χ3v) is 7.04. The Morgan fingerprint density at radius 1 is 1.06 bits per heavy atom. The highest BCUT2D eigenvalue weighted by Gasteiger charge is 2.28. The van der Waals surface area contributed by atoms with Gasteiger partial charge in [-0.25, -0.2) is 9.97 Å². The average molecular weight is 468 g/mol. The summed E-state index contributed by atoms with van der Waals surface area (Å²) in [5.74, 6) is 0.842. The van der Waals surface area contributed by atoms with E-state index in [0.717, 1.165) is 46.4 Å². The summed E-state index contributed by atoms with van der Waals surface area (Å²) in [5, 5.41) is 7.21. The van der Waals surface area contributed by atoms with Crippen molar-refractivity contribution in [2.45, 2.75) is 25.3 Å². The first-order valence-electron chi connectivity index (χ1n) is 11.7. The normalized spacial score (nSPS) is 17.5. The van der Waals surface area contributed by atoms with E-state index < -0.39 is 0 Å². The lowest BCUT2D eigenvalue weighted by Crippen LogP contribution is -2.34. The minimum absolute atomic E-state index is 0.133. The number of nitrogens with one attached hydrogen (secondary N) is 2. The molecule has 0 aliphatic carbocycles. The number of hydrogen-bond acceptors (Lipinski definition) is 6. The van der Waals surface area contributed by atoms with Crippen LogP contribution in [-0.2, 0) is 18.4 Å². The number of piperidine rings is 1. The first kappa shape index (κ1) is 21.3. The summed E-state index contributed by atoms with van der Waals surface area (Å²) in [4.78, 5) is 40.4. The second kappa shape index (κ2) is 8.19.